The second-order valence-electron chi connectivity index (χ2n) is 4.63. The van der Waals surface area contributed by atoms with Crippen LogP contribution in [0.1, 0.15) is 37.7 Å². The van der Waals surface area contributed by atoms with Crippen LogP contribution in [0.15, 0.2) is 12.4 Å². The van der Waals surface area contributed by atoms with Crippen molar-refractivity contribution in [2.45, 2.75) is 33.2 Å². The minimum atomic E-state index is 0.454. The third kappa shape index (κ3) is 2.34. The summed E-state index contributed by atoms with van der Waals surface area (Å²) in [5.74, 6) is 1.68. The summed E-state index contributed by atoms with van der Waals surface area (Å²) in [6.07, 6.45) is 5.23. The summed E-state index contributed by atoms with van der Waals surface area (Å²) in [4.78, 5) is 11.0. The van der Waals surface area contributed by atoms with Crippen LogP contribution >= 0.6 is 0 Å². The van der Waals surface area contributed by atoms with Gasteiger partial charge in [0, 0.05) is 30.5 Å². The fourth-order valence-electron chi connectivity index (χ4n) is 2.15. The number of nitrogens with zero attached hydrogens (tertiary/aromatic N) is 3. The van der Waals surface area contributed by atoms with Crippen LogP contribution in [0.5, 0.6) is 0 Å². The number of aromatic nitrogens is 2. The molecule has 2 atom stereocenters. The van der Waals surface area contributed by atoms with E-state index in [9.17, 15) is 0 Å². The topological polar surface area (TPSA) is 29.0 Å². The van der Waals surface area contributed by atoms with Crippen LogP contribution in [-0.4, -0.2) is 28.0 Å². The van der Waals surface area contributed by atoms with E-state index in [0.29, 0.717) is 6.04 Å². The van der Waals surface area contributed by atoms with Gasteiger partial charge in [0.05, 0.1) is 0 Å². The van der Waals surface area contributed by atoms with E-state index in [1.807, 2.05) is 19.3 Å². The van der Waals surface area contributed by atoms with Gasteiger partial charge in [0.15, 0.2) is 0 Å². The maximum absolute atomic E-state index is 4.25. The van der Waals surface area contributed by atoms with E-state index in [4.69, 9.17) is 0 Å². The molecule has 1 aromatic rings. The van der Waals surface area contributed by atoms with Crippen molar-refractivity contribution in [3.63, 3.8) is 0 Å². The van der Waals surface area contributed by atoms with Crippen LogP contribution < -0.4 is 0 Å². The van der Waals surface area contributed by atoms with Gasteiger partial charge in [-0.1, -0.05) is 6.92 Å². The summed E-state index contributed by atoms with van der Waals surface area (Å²) in [6.45, 7) is 8.89. The lowest BCUT2D eigenvalue weighted by Crippen LogP contribution is -2.24. The van der Waals surface area contributed by atoms with Crippen LogP contribution in [0, 0.1) is 12.8 Å². The standard InChI is InChI=1S/C12H19N3/c1-9-4-5-15(8-9)10(2)12-6-13-11(3)14-7-12/h6-7,9-10H,4-5,8H2,1-3H3. The van der Waals surface area contributed by atoms with Gasteiger partial charge in [0.1, 0.15) is 5.82 Å². The number of aryl methyl sites for hydroxylation is 1. The lowest BCUT2D eigenvalue weighted by molar-refractivity contribution is 0.254. The monoisotopic (exact) mass is 205 g/mol. The molecule has 0 saturated carbocycles. The first-order chi connectivity index (χ1) is 7.16. The summed E-state index contributed by atoms with van der Waals surface area (Å²) in [5, 5.41) is 0. The predicted octanol–water partition coefficient (Wildman–Crippen LogP) is 2.19. The van der Waals surface area contributed by atoms with Gasteiger partial charge in [-0.25, -0.2) is 9.97 Å². The molecule has 0 N–H and O–H groups in total. The molecule has 2 unspecified atom stereocenters. The first kappa shape index (κ1) is 10.6. The molecule has 1 saturated heterocycles. The Balaban J connectivity index is 2.07. The largest absolute Gasteiger partial charge is 0.296 e. The zero-order chi connectivity index (χ0) is 10.8. The summed E-state index contributed by atoms with van der Waals surface area (Å²) in [6, 6.07) is 0.454. The average Bonchev–Trinajstić information content (AvgIpc) is 2.65. The second kappa shape index (κ2) is 4.27. The van der Waals surface area contributed by atoms with E-state index in [1.165, 1.54) is 25.1 Å². The predicted molar refractivity (Wildman–Crippen MR) is 60.5 cm³/mol. The Bertz CT molecular complexity index is 320. The molecule has 3 heteroatoms. The smallest absolute Gasteiger partial charge is 0.125 e. The Hall–Kier alpha value is -0.960. The van der Waals surface area contributed by atoms with Crippen molar-refractivity contribution in [1.29, 1.82) is 0 Å². The molecule has 82 valence electrons. The highest BCUT2D eigenvalue weighted by Gasteiger charge is 2.24. The van der Waals surface area contributed by atoms with Crippen molar-refractivity contribution < 1.29 is 0 Å². The molecule has 0 aliphatic carbocycles. The lowest BCUT2D eigenvalue weighted by atomic mass is 10.1. The van der Waals surface area contributed by atoms with Gasteiger partial charge in [-0.3, -0.25) is 4.90 Å². The van der Waals surface area contributed by atoms with Crippen molar-refractivity contribution in [3.05, 3.63) is 23.8 Å². The molecular weight excluding hydrogens is 186 g/mol. The Morgan fingerprint density at radius 1 is 1.40 bits per heavy atom. The van der Waals surface area contributed by atoms with Gasteiger partial charge in [-0.05, 0) is 32.7 Å². The molecule has 0 bridgehead atoms. The van der Waals surface area contributed by atoms with E-state index in [-0.39, 0.29) is 0 Å². The van der Waals surface area contributed by atoms with Crippen LogP contribution in [0.2, 0.25) is 0 Å². The second-order valence-corrected chi connectivity index (χ2v) is 4.63. The fourth-order valence-corrected chi connectivity index (χ4v) is 2.15. The third-order valence-electron chi connectivity index (χ3n) is 3.29. The normalized spacial score (nSPS) is 24.3. The number of rotatable bonds is 2. The summed E-state index contributed by atoms with van der Waals surface area (Å²) in [5.41, 5.74) is 1.23. The van der Waals surface area contributed by atoms with E-state index in [1.54, 1.807) is 0 Å². The van der Waals surface area contributed by atoms with Gasteiger partial charge in [0.2, 0.25) is 0 Å². The molecule has 0 amide bonds. The van der Waals surface area contributed by atoms with Crippen molar-refractivity contribution in [1.82, 2.24) is 14.9 Å². The van der Waals surface area contributed by atoms with Crippen molar-refractivity contribution >= 4 is 0 Å². The van der Waals surface area contributed by atoms with Crippen LogP contribution in [-0.2, 0) is 0 Å². The number of likely N-dealkylation sites (tertiary alicyclic amines) is 1. The first-order valence-electron chi connectivity index (χ1n) is 5.69. The molecule has 1 aromatic heterocycles. The van der Waals surface area contributed by atoms with Gasteiger partial charge in [-0.2, -0.15) is 0 Å². The SMILES string of the molecule is Cc1ncc(C(C)N2CCC(C)C2)cn1. The van der Waals surface area contributed by atoms with E-state index < -0.39 is 0 Å². The zero-order valence-corrected chi connectivity index (χ0v) is 9.77. The highest BCUT2D eigenvalue weighted by Crippen LogP contribution is 2.26. The van der Waals surface area contributed by atoms with Crippen LogP contribution in [0.4, 0.5) is 0 Å². The molecule has 0 aromatic carbocycles. The lowest BCUT2D eigenvalue weighted by Gasteiger charge is -2.23. The molecule has 1 fully saturated rings. The summed E-state index contributed by atoms with van der Waals surface area (Å²) in [7, 11) is 0. The molecule has 0 spiro atoms. The Morgan fingerprint density at radius 2 is 2.07 bits per heavy atom. The maximum Gasteiger partial charge on any atom is 0.125 e. The quantitative estimate of drug-likeness (QED) is 0.741. The highest BCUT2D eigenvalue weighted by atomic mass is 15.2. The third-order valence-corrected chi connectivity index (χ3v) is 3.29. The summed E-state index contributed by atoms with van der Waals surface area (Å²) >= 11 is 0. The van der Waals surface area contributed by atoms with Crippen molar-refractivity contribution in [2.24, 2.45) is 5.92 Å². The average molecular weight is 205 g/mol. The molecule has 2 rings (SSSR count). The molecular formula is C12H19N3. The van der Waals surface area contributed by atoms with Crippen molar-refractivity contribution in [2.75, 3.05) is 13.1 Å². The highest BCUT2D eigenvalue weighted by molar-refractivity contribution is 5.10. The van der Waals surface area contributed by atoms with Crippen LogP contribution in [0.25, 0.3) is 0 Å². The number of hydrogen-bond donors (Lipinski definition) is 0. The van der Waals surface area contributed by atoms with E-state index in [2.05, 4.69) is 28.7 Å². The Morgan fingerprint density at radius 3 is 2.60 bits per heavy atom. The van der Waals surface area contributed by atoms with Gasteiger partial charge >= 0.3 is 0 Å². The Kier molecular flexibility index (Phi) is 3.00. The van der Waals surface area contributed by atoms with Gasteiger partial charge in [-0.15, -0.1) is 0 Å². The van der Waals surface area contributed by atoms with E-state index in [0.717, 1.165) is 11.7 Å². The minimum Gasteiger partial charge on any atom is -0.296 e. The molecule has 1 aliphatic rings. The maximum atomic E-state index is 4.25. The number of hydrogen-bond acceptors (Lipinski definition) is 3. The molecule has 3 nitrogen and oxygen atoms in total. The summed E-state index contributed by atoms with van der Waals surface area (Å²) < 4.78 is 0. The molecule has 15 heavy (non-hydrogen) atoms. The zero-order valence-electron chi connectivity index (χ0n) is 9.77. The molecule has 0 radical (unpaired) electrons. The fraction of sp³-hybridized carbons (Fsp3) is 0.667. The minimum absolute atomic E-state index is 0.454. The van der Waals surface area contributed by atoms with Gasteiger partial charge < -0.3 is 0 Å². The van der Waals surface area contributed by atoms with Crippen molar-refractivity contribution in [3.8, 4) is 0 Å². The Labute approximate surface area is 91.5 Å². The van der Waals surface area contributed by atoms with Crippen LogP contribution in [0.3, 0.4) is 0 Å². The molecule has 2 heterocycles. The molecule has 1 aliphatic heterocycles. The van der Waals surface area contributed by atoms with E-state index >= 15 is 0 Å². The van der Waals surface area contributed by atoms with Gasteiger partial charge in [0.25, 0.3) is 0 Å². The first-order valence-corrected chi connectivity index (χ1v) is 5.69.